The summed E-state index contributed by atoms with van der Waals surface area (Å²) in [6.45, 7) is 2.72. The molecule has 1 N–H and O–H groups in total. The van der Waals surface area contributed by atoms with Crippen LogP contribution in [0.2, 0.25) is 0 Å². The standard InChI is InChI=1S/C20H16N2O2/c1-3-22-19(11-6-14-4-7-15(23)8-5-14)18(13-21)17-10-9-16(24-2)12-20(17)22/h4-5,7-10,12,23H,3H2,1-2H3. The molecular weight excluding hydrogens is 300 g/mol. The van der Waals surface area contributed by atoms with Crippen LogP contribution in [-0.4, -0.2) is 16.8 Å². The molecule has 0 unspecified atom stereocenters. The minimum absolute atomic E-state index is 0.202. The van der Waals surface area contributed by atoms with E-state index in [2.05, 4.69) is 17.9 Å². The highest BCUT2D eigenvalue weighted by atomic mass is 16.5. The second-order valence-electron chi connectivity index (χ2n) is 5.26. The fraction of sp³-hybridized carbons (Fsp3) is 0.150. The lowest BCUT2D eigenvalue weighted by atomic mass is 10.1. The van der Waals surface area contributed by atoms with Crippen LogP contribution in [0.3, 0.4) is 0 Å². The SMILES string of the molecule is CCn1c(C#Cc2ccc(O)cc2)c(C#N)c2ccc(OC)cc21. The number of rotatable bonds is 2. The fourth-order valence-corrected chi connectivity index (χ4v) is 2.70. The Morgan fingerprint density at radius 3 is 2.50 bits per heavy atom. The monoisotopic (exact) mass is 316 g/mol. The number of hydrogen-bond acceptors (Lipinski definition) is 3. The van der Waals surface area contributed by atoms with Crippen molar-refractivity contribution in [3.8, 4) is 29.4 Å². The van der Waals surface area contributed by atoms with E-state index in [4.69, 9.17) is 4.74 Å². The van der Waals surface area contributed by atoms with E-state index in [1.54, 1.807) is 31.4 Å². The maximum absolute atomic E-state index is 9.59. The molecule has 0 aliphatic heterocycles. The lowest BCUT2D eigenvalue weighted by Gasteiger charge is -2.04. The van der Waals surface area contributed by atoms with Gasteiger partial charge in [0.2, 0.25) is 0 Å². The molecule has 3 aromatic rings. The van der Waals surface area contributed by atoms with E-state index >= 15 is 0 Å². The van der Waals surface area contributed by atoms with E-state index in [-0.39, 0.29) is 5.75 Å². The largest absolute Gasteiger partial charge is 0.508 e. The van der Waals surface area contributed by atoms with Gasteiger partial charge in [-0.05, 0) is 49.2 Å². The van der Waals surface area contributed by atoms with Gasteiger partial charge in [-0.1, -0.05) is 5.92 Å². The number of phenols is 1. The van der Waals surface area contributed by atoms with Crippen LogP contribution in [0.25, 0.3) is 10.9 Å². The number of methoxy groups -OCH3 is 1. The summed E-state index contributed by atoms with van der Waals surface area (Å²) in [6, 6.07) is 14.6. The van der Waals surface area contributed by atoms with Crippen molar-refractivity contribution in [2.24, 2.45) is 0 Å². The molecule has 0 bridgehead atoms. The van der Waals surface area contributed by atoms with Gasteiger partial charge in [0.15, 0.2) is 0 Å². The number of phenolic OH excluding ortho intramolecular Hbond substituents is 1. The summed E-state index contributed by atoms with van der Waals surface area (Å²) in [4.78, 5) is 0. The molecule has 0 spiro atoms. The lowest BCUT2D eigenvalue weighted by molar-refractivity contribution is 0.415. The number of benzene rings is 2. The van der Waals surface area contributed by atoms with Crippen molar-refractivity contribution < 1.29 is 9.84 Å². The van der Waals surface area contributed by atoms with Crippen molar-refractivity contribution in [3.63, 3.8) is 0 Å². The van der Waals surface area contributed by atoms with Gasteiger partial charge in [-0.3, -0.25) is 0 Å². The zero-order valence-corrected chi connectivity index (χ0v) is 13.5. The molecule has 1 heterocycles. The Bertz CT molecular complexity index is 997. The van der Waals surface area contributed by atoms with E-state index < -0.39 is 0 Å². The van der Waals surface area contributed by atoms with E-state index in [0.29, 0.717) is 17.8 Å². The summed E-state index contributed by atoms with van der Waals surface area (Å²) >= 11 is 0. The van der Waals surface area contributed by atoms with Crippen LogP contribution in [0.5, 0.6) is 11.5 Å². The molecule has 0 aliphatic carbocycles. The van der Waals surface area contributed by atoms with Gasteiger partial charge in [0.1, 0.15) is 23.3 Å². The molecule has 4 heteroatoms. The van der Waals surface area contributed by atoms with Gasteiger partial charge in [0.05, 0.1) is 18.2 Å². The van der Waals surface area contributed by atoms with Crippen LogP contribution in [0.4, 0.5) is 0 Å². The first kappa shape index (κ1) is 15.5. The van der Waals surface area contributed by atoms with Gasteiger partial charge < -0.3 is 14.4 Å². The average Bonchev–Trinajstić information content (AvgIpc) is 2.92. The van der Waals surface area contributed by atoms with Gasteiger partial charge in [-0.15, -0.1) is 0 Å². The van der Waals surface area contributed by atoms with E-state index in [1.165, 1.54) is 0 Å². The first-order valence-electron chi connectivity index (χ1n) is 7.59. The van der Waals surface area contributed by atoms with Crippen LogP contribution in [0.1, 0.15) is 23.7 Å². The summed E-state index contributed by atoms with van der Waals surface area (Å²) in [5.74, 6) is 7.13. The molecule has 0 saturated carbocycles. The van der Waals surface area contributed by atoms with Crippen LogP contribution in [-0.2, 0) is 6.54 Å². The van der Waals surface area contributed by atoms with E-state index in [1.807, 2.05) is 29.7 Å². The van der Waals surface area contributed by atoms with Crippen molar-refractivity contribution in [2.75, 3.05) is 7.11 Å². The zero-order valence-electron chi connectivity index (χ0n) is 13.5. The Balaban J connectivity index is 2.20. The van der Waals surface area contributed by atoms with Gasteiger partial charge >= 0.3 is 0 Å². The molecule has 0 saturated heterocycles. The highest BCUT2D eigenvalue weighted by Crippen LogP contribution is 2.28. The number of ether oxygens (including phenoxy) is 1. The molecule has 0 radical (unpaired) electrons. The predicted molar refractivity (Wildman–Crippen MR) is 93.0 cm³/mol. The average molecular weight is 316 g/mol. The first-order valence-corrected chi connectivity index (χ1v) is 7.59. The normalized spacial score (nSPS) is 10.0. The number of fused-ring (bicyclic) bond motifs is 1. The summed E-state index contributed by atoms with van der Waals surface area (Å²) in [5.41, 5.74) is 2.97. The molecule has 24 heavy (non-hydrogen) atoms. The topological polar surface area (TPSA) is 58.2 Å². The quantitative estimate of drug-likeness (QED) is 0.734. The third kappa shape index (κ3) is 2.66. The van der Waals surface area contributed by atoms with Crippen molar-refractivity contribution in [3.05, 3.63) is 59.3 Å². The molecule has 3 rings (SSSR count). The van der Waals surface area contributed by atoms with E-state index in [0.717, 1.165) is 22.2 Å². The number of aromatic hydroxyl groups is 1. The second-order valence-corrected chi connectivity index (χ2v) is 5.26. The number of nitrogens with zero attached hydrogens (tertiary/aromatic N) is 2. The highest BCUT2D eigenvalue weighted by Gasteiger charge is 2.15. The third-order valence-electron chi connectivity index (χ3n) is 3.89. The second kappa shape index (κ2) is 6.40. The molecule has 118 valence electrons. The van der Waals surface area contributed by atoms with Gasteiger partial charge in [0.25, 0.3) is 0 Å². The maximum Gasteiger partial charge on any atom is 0.120 e. The Morgan fingerprint density at radius 1 is 1.12 bits per heavy atom. The molecular formula is C20H16N2O2. The predicted octanol–water partition coefficient (Wildman–Crippen LogP) is 3.65. The summed E-state index contributed by atoms with van der Waals surface area (Å²) in [6.07, 6.45) is 0. The van der Waals surface area contributed by atoms with Crippen LogP contribution < -0.4 is 4.74 Å². The van der Waals surface area contributed by atoms with E-state index in [9.17, 15) is 10.4 Å². The molecule has 0 aliphatic rings. The van der Waals surface area contributed by atoms with Gasteiger partial charge in [-0.25, -0.2) is 0 Å². The smallest absolute Gasteiger partial charge is 0.120 e. The Morgan fingerprint density at radius 2 is 1.88 bits per heavy atom. The van der Waals surface area contributed by atoms with Crippen molar-refractivity contribution in [1.29, 1.82) is 5.26 Å². The van der Waals surface area contributed by atoms with Crippen LogP contribution in [0, 0.1) is 23.2 Å². The van der Waals surface area contributed by atoms with Crippen LogP contribution >= 0.6 is 0 Å². The van der Waals surface area contributed by atoms with Gasteiger partial charge in [0, 0.05) is 23.6 Å². The number of aryl methyl sites for hydroxylation is 1. The maximum atomic E-state index is 9.59. The number of nitriles is 1. The lowest BCUT2D eigenvalue weighted by Crippen LogP contribution is -1.98. The Hall–Kier alpha value is -3.37. The number of hydrogen-bond donors (Lipinski definition) is 1. The molecule has 1 aromatic heterocycles. The minimum Gasteiger partial charge on any atom is -0.508 e. The molecule has 0 amide bonds. The fourth-order valence-electron chi connectivity index (χ4n) is 2.70. The molecule has 0 atom stereocenters. The Labute approximate surface area is 140 Å². The Kier molecular flexibility index (Phi) is 4.14. The minimum atomic E-state index is 0.202. The summed E-state index contributed by atoms with van der Waals surface area (Å²) < 4.78 is 7.31. The van der Waals surface area contributed by atoms with Gasteiger partial charge in [-0.2, -0.15) is 5.26 Å². The van der Waals surface area contributed by atoms with Crippen molar-refractivity contribution in [1.82, 2.24) is 4.57 Å². The zero-order chi connectivity index (χ0) is 17.1. The third-order valence-corrected chi connectivity index (χ3v) is 3.89. The van der Waals surface area contributed by atoms with Crippen molar-refractivity contribution in [2.45, 2.75) is 13.5 Å². The molecule has 0 fully saturated rings. The van der Waals surface area contributed by atoms with Crippen molar-refractivity contribution >= 4 is 10.9 Å². The van der Waals surface area contributed by atoms with Crippen LogP contribution in [0.15, 0.2) is 42.5 Å². The summed E-state index contributed by atoms with van der Waals surface area (Å²) in [7, 11) is 1.62. The first-order chi connectivity index (χ1) is 11.7. The molecule has 2 aromatic carbocycles. The molecule has 4 nitrogen and oxygen atoms in total. The summed E-state index contributed by atoms with van der Waals surface area (Å²) in [5, 5.41) is 19.8. The highest BCUT2D eigenvalue weighted by molar-refractivity contribution is 5.90. The number of aromatic nitrogens is 1.